The number of nitrogens with one attached hydrogen (secondary N) is 1. The number of unbranched alkanes of at least 4 members (excludes halogenated alkanes) is 1. The molecule has 1 aliphatic carbocycles. The molecule has 6 heteroatoms. The lowest BCUT2D eigenvalue weighted by atomic mass is 9.94. The van der Waals surface area contributed by atoms with Crippen LogP contribution in [0.2, 0.25) is 0 Å². The maximum Gasteiger partial charge on any atom is 0.269 e. The van der Waals surface area contributed by atoms with Crippen molar-refractivity contribution in [3.05, 3.63) is 66.1 Å². The van der Waals surface area contributed by atoms with E-state index in [9.17, 15) is 4.79 Å². The maximum absolute atomic E-state index is 11.5. The van der Waals surface area contributed by atoms with Crippen molar-refractivity contribution in [1.29, 1.82) is 0 Å². The highest BCUT2D eigenvalue weighted by Crippen LogP contribution is 2.37. The van der Waals surface area contributed by atoms with Gasteiger partial charge < -0.3 is 14.6 Å². The summed E-state index contributed by atoms with van der Waals surface area (Å²) >= 11 is 0. The molecule has 6 rings (SSSR count). The first-order valence-corrected chi connectivity index (χ1v) is 11.7. The molecule has 1 aromatic carbocycles. The number of hydrogen-bond acceptors (Lipinski definition) is 4. The molecule has 6 nitrogen and oxygen atoms in total. The Bertz CT molecular complexity index is 1170. The highest BCUT2D eigenvalue weighted by atomic mass is 16.5. The number of carbonyl (C=O) groups excluding carboxylic acids is 1. The number of rotatable bonds is 6. The zero-order valence-electron chi connectivity index (χ0n) is 18.2. The van der Waals surface area contributed by atoms with E-state index in [-0.39, 0.29) is 11.8 Å². The molecule has 1 saturated heterocycles. The van der Waals surface area contributed by atoms with Crippen LogP contribution in [-0.2, 0) is 16.0 Å². The van der Waals surface area contributed by atoms with Crippen molar-refractivity contribution in [3.8, 4) is 0 Å². The van der Waals surface area contributed by atoms with E-state index in [4.69, 9.17) is 4.74 Å². The molecule has 0 spiro atoms. The molecular formula is C26H28N4O2. The molecule has 2 aromatic rings. The van der Waals surface area contributed by atoms with E-state index in [0.29, 0.717) is 12.6 Å². The fourth-order valence-electron chi connectivity index (χ4n) is 5.43. The monoisotopic (exact) mass is 428 g/mol. The third kappa shape index (κ3) is 3.58. The predicted octanol–water partition coefficient (Wildman–Crippen LogP) is 3.62. The van der Waals surface area contributed by atoms with Crippen molar-refractivity contribution in [2.24, 2.45) is 10.9 Å². The quantitative estimate of drug-likeness (QED) is 0.714. The normalized spacial score (nSPS) is 24.2. The molecule has 1 N–H and O–H groups in total. The third-order valence-electron chi connectivity index (χ3n) is 7.02. The Balaban J connectivity index is 0.979. The minimum atomic E-state index is -0.190. The fraction of sp³-hybridized carbons (Fsp3) is 0.385. The van der Waals surface area contributed by atoms with E-state index in [1.54, 1.807) is 0 Å². The van der Waals surface area contributed by atoms with Crippen LogP contribution < -0.4 is 4.90 Å². The highest BCUT2D eigenvalue weighted by Gasteiger charge is 2.32. The molecule has 1 aromatic heterocycles. The number of dihydropyridines is 1. The van der Waals surface area contributed by atoms with Gasteiger partial charge in [-0.2, -0.15) is 0 Å². The van der Waals surface area contributed by atoms with Gasteiger partial charge in [0.1, 0.15) is 5.76 Å². The van der Waals surface area contributed by atoms with Gasteiger partial charge >= 0.3 is 0 Å². The summed E-state index contributed by atoms with van der Waals surface area (Å²) in [6, 6.07) is 7.18. The number of H-pyrrole nitrogens is 1. The van der Waals surface area contributed by atoms with Crippen LogP contribution in [0.5, 0.6) is 0 Å². The summed E-state index contributed by atoms with van der Waals surface area (Å²) in [6.45, 7) is 5.14. The Kier molecular flexibility index (Phi) is 4.95. The summed E-state index contributed by atoms with van der Waals surface area (Å²) in [5.74, 6) is 0.716. The first-order chi connectivity index (χ1) is 15.7. The number of hydrogen-bond donors (Lipinski definition) is 1. The standard InChI is InChI=1S/C26H28N4O2/c31-25-9-7-18-6-8-21(15-23(18)28-25)32-13-2-1-10-29-11-12-30-20(17-29)14-19-16-27-22-4-3-5-24(30)26(19)22/h3-9,15-16,18,20,27H,1-2,10-14,17H2/t18?,20-/m1/s1. The summed E-state index contributed by atoms with van der Waals surface area (Å²) < 4.78 is 5.93. The van der Waals surface area contributed by atoms with Crippen molar-refractivity contribution >= 4 is 28.2 Å². The molecule has 2 atom stereocenters. The van der Waals surface area contributed by atoms with Crippen LogP contribution in [0.25, 0.3) is 10.9 Å². The topological polar surface area (TPSA) is 60.9 Å². The number of nitrogens with zero attached hydrogens (tertiary/aromatic N) is 3. The number of fused-ring (bicyclic) bond motifs is 3. The molecule has 32 heavy (non-hydrogen) atoms. The van der Waals surface area contributed by atoms with Crippen LogP contribution >= 0.6 is 0 Å². The predicted molar refractivity (Wildman–Crippen MR) is 127 cm³/mol. The van der Waals surface area contributed by atoms with E-state index in [0.717, 1.165) is 56.9 Å². The second kappa shape index (κ2) is 8.10. The summed E-state index contributed by atoms with van der Waals surface area (Å²) in [5.41, 5.74) is 4.90. The second-order valence-electron chi connectivity index (χ2n) is 9.09. The third-order valence-corrected chi connectivity index (χ3v) is 7.02. The second-order valence-corrected chi connectivity index (χ2v) is 9.09. The van der Waals surface area contributed by atoms with Gasteiger partial charge in [0.25, 0.3) is 5.91 Å². The number of carbonyl (C=O) groups is 1. The van der Waals surface area contributed by atoms with Crippen molar-refractivity contribution in [2.75, 3.05) is 37.7 Å². The van der Waals surface area contributed by atoms with Crippen LogP contribution in [0.3, 0.4) is 0 Å². The molecular weight excluding hydrogens is 400 g/mol. The van der Waals surface area contributed by atoms with Crippen molar-refractivity contribution in [3.63, 3.8) is 0 Å². The number of allylic oxidation sites excluding steroid dienone is 4. The van der Waals surface area contributed by atoms with Gasteiger partial charge in [-0.3, -0.25) is 9.69 Å². The molecule has 3 aliphatic heterocycles. The fourth-order valence-corrected chi connectivity index (χ4v) is 5.43. The molecule has 4 aliphatic rings. The van der Waals surface area contributed by atoms with Gasteiger partial charge in [0, 0.05) is 66.5 Å². The Morgan fingerprint density at radius 2 is 2.09 bits per heavy atom. The lowest BCUT2D eigenvalue weighted by Crippen LogP contribution is -2.55. The first-order valence-electron chi connectivity index (χ1n) is 11.7. The van der Waals surface area contributed by atoms with E-state index >= 15 is 0 Å². The maximum atomic E-state index is 11.5. The number of aliphatic imine (C=N–C) groups is 1. The lowest BCUT2D eigenvalue weighted by molar-refractivity contribution is -0.113. The number of ether oxygens (including phenoxy) is 1. The largest absolute Gasteiger partial charge is 0.494 e. The average molecular weight is 429 g/mol. The van der Waals surface area contributed by atoms with Gasteiger partial charge in [-0.1, -0.05) is 18.2 Å². The summed E-state index contributed by atoms with van der Waals surface area (Å²) in [7, 11) is 0. The SMILES string of the molecule is O=C1C=CC2C=CC(OCCCCN3CCN4c5cccc6[nH]cc(c56)C[C@@H]4C3)=CC2=N1. The molecule has 4 heterocycles. The Hall–Kier alpha value is -3.12. The summed E-state index contributed by atoms with van der Waals surface area (Å²) in [6.07, 6.45) is 14.8. The number of benzene rings is 1. The number of anilines is 1. The minimum Gasteiger partial charge on any atom is -0.494 e. The van der Waals surface area contributed by atoms with Crippen LogP contribution in [0, 0.1) is 5.92 Å². The van der Waals surface area contributed by atoms with Gasteiger partial charge in [-0.15, -0.1) is 0 Å². The zero-order chi connectivity index (χ0) is 21.5. The van der Waals surface area contributed by atoms with Crippen LogP contribution in [0.1, 0.15) is 18.4 Å². The molecule has 0 radical (unpaired) electrons. The minimum absolute atomic E-state index is 0.104. The number of piperazine rings is 1. The summed E-state index contributed by atoms with van der Waals surface area (Å²) in [4.78, 5) is 24.2. The molecule has 164 valence electrons. The average Bonchev–Trinajstić information content (AvgIpc) is 3.22. The van der Waals surface area contributed by atoms with E-state index < -0.39 is 0 Å². The first kappa shape index (κ1) is 19.6. The Morgan fingerprint density at radius 3 is 3.06 bits per heavy atom. The van der Waals surface area contributed by atoms with E-state index in [1.807, 2.05) is 24.3 Å². The van der Waals surface area contributed by atoms with Gasteiger partial charge in [0.2, 0.25) is 0 Å². The van der Waals surface area contributed by atoms with Crippen LogP contribution in [0.15, 0.2) is 65.5 Å². The molecule has 0 bridgehead atoms. The number of aromatic amines is 1. The van der Waals surface area contributed by atoms with Crippen molar-refractivity contribution < 1.29 is 9.53 Å². The molecule has 1 amide bonds. The van der Waals surface area contributed by atoms with Crippen LogP contribution in [0.4, 0.5) is 5.69 Å². The van der Waals surface area contributed by atoms with Gasteiger partial charge in [0.15, 0.2) is 0 Å². The van der Waals surface area contributed by atoms with Crippen LogP contribution in [-0.4, -0.2) is 60.3 Å². The van der Waals surface area contributed by atoms with E-state index in [1.165, 1.54) is 28.2 Å². The Morgan fingerprint density at radius 1 is 1.16 bits per heavy atom. The number of amides is 1. The molecule has 1 fully saturated rings. The molecule has 1 unspecified atom stereocenters. The Labute approximate surface area is 187 Å². The summed E-state index contributed by atoms with van der Waals surface area (Å²) in [5, 5.41) is 1.42. The zero-order valence-corrected chi connectivity index (χ0v) is 18.2. The van der Waals surface area contributed by atoms with E-state index in [2.05, 4.69) is 44.2 Å². The van der Waals surface area contributed by atoms with Gasteiger partial charge in [0.05, 0.1) is 12.3 Å². The smallest absolute Gasteiger partial charge is 0.269 e. The lowest BCUT2D eigenvalue weighted by Gasteiger charge is -2.45. The molecule has 0 saturated carbocycles. The van der Waals surface area contributed by atoms with Crippen molar-refractivity contribution in [1.82, 2.24) is 9.88 Å². The number of aromatic nitrogens is 1. The van der Waals surface area contributed by atoms with Gasteiger partial charge in [-0.25, -0.2) is 4.99 Å². The highest BCUT2D eigenvalue weighted by molar-refractivity contribution is 6.11. The van der Waals surface area contributed by atoms with Crippen molar-refractivity contribution in [2.45, 2.75) is 25.3 Å². The van der Waals surface area contributed by atoms with Gasteiger partial charge in [-0.05, 0) is 49.6 Å².